The minimum atomic E-state index is -0.486. The maximum atomic E-state index is 10.9. The number of aryl methyl sites for hydroxylation is 2. The lowest BCUT2D eigenvalue weighted by molar-refractivity contribution is -0.392. The molecular weight excluding hydrogens is 304 g/mol. The highest BCUT2D eigenvalue weighted by Crippen LogP contribution is 2.19. The number of benzene rings is 1. The van der Waals surface area contributed by atoms with Gasteiger partial charge in [0.05, 0.1) is 18.1 Å². The summed E-state index contributed by atoms with van der Waals surface area (Å²) in [6.45, 7) is 4.22. The Bertz CT molecular complexity index is 741. The first-order chi connectivity index (χ1) is 10.9. The summed E-state index contributed by atoms with van der Waals surface area (Å²) in [4.78, 5) is 24.6. The lowest BCUT2D eigenvalue weighted by Crippen LogP contribution is -2.10. The van der Waals surface area contributed by atoms with Crippen molar-refractivity contribution in [2.45, 2.75) is 27.0 Å². The first kappa shape index (κ1) is 16.6. The van der Waals surface area contributed by atoms with Gasteiger partial charge in [-0.05, 0) is 29.5 Å². The van der Waals surface area contributed by atoms with Crippen LogP contribution >= 0.6 is 0 Å². The Labute approximate surface area is 131 Å². The van der Waals surface area contributed by atoms with Crippen molar-refractivity contribution in [1.82, 2.24) is 9.55 Å². The van der Waals surface area contributed by atoms with Gasteiger partial charge >= 0.3 is 5.82 Å². The standard InChI is InChI=1S/C14H16N4O5/c1-10-7-12(3-4-13(10)17(19)20)9-23-6-5-16-11(2)15-8-14(16)18(21)22/h3-4,7-8H,5-6,9H2,1-2H3. The fraction of sp³-hybridized carbons (Fsp3) is 0.357. The van der Waals surface area contributed by atoms with Crippen molar-refractivity contribution in [3.8, 4) is 0 Å². The van der Waals surface area contributed by atoms with Crippen LogP contribution in [0.5, 0.6) is 0 Å². The van der Waals surface area contributed by atoms with Crippen molar-refractivity contribution in [3.63, 3.8) is 0 Å². The van der Waals surface area contributed by atoms with Crippen molar-refractivity contribution in [1.29, 1.82) is 0 Å². The Hall–Kier alpha value is -2.81. The number of hydrogen-bond donors (Lipinski definition) is 0. The van der Waals surface area contributed by atoms with E-state index in [-0.39, 0.29) is 24.7 Å². The average Bonchev–Trinajstić information content (AvgIpc) is 2.84. The molecule has 9 nitrogen and oxygen atoms in total. The average molecular weight is 320 g/mol. The van der Waals surface area contributed by atoms with E-state index in [4.69, 9.17) is 4.74 Å². The molecule has 0 aliphatic heterocycles. The first-order valence-electron chi connectivity index (χ1n) is 6.88. The van der Waals surface area contributed by atoms with Crippen molar-refractivity contribution in [3.05, 3.63) is 61.6 Å². The topological polar surface area (TPSA) is 113 Å². The summed E-state index contributed by atoms with van der Waals surface area (Å²) in [5, 5.41) is 21.6. The highest BCUT2D eigenvalue weighted by atomic mass is 16.6. The zero-order valence-corrected chi connectivity index (χ0v) is 12.8. The van der Waals surface area contributed by atoms with E-state index >= 15 is 0 Å². The third-order valence-electron chi connectivity index (χ3n) is 3.41. The van der Waals surface area contributed by atoms with Gasteiger partial charge in [-0.1, -0.05) is 0 Å². The van der Waals surface area contributed by atoms with Crippen LogP contribution in [0.25, 0.3) is 0 Å². The summed E-state index contributed by atoms with van der Waals surface area (Å²) >= 11 is 0. The molecule has 0 saturated carbocycles. The Morgan fingerprint density at radius 1 is 1.22 bits per heavy atom. The van der Waals surface area contributed by atoms with Gasteiger partial charge in [-0.15, -0.1) is 0 Å². The molecule has 0 radical (unpaired) electrons. The Kier molecular flexibility index (Phi) is 5.02. The molecule has 0 saturated heterocycles. The zero-order valence-electron chi connectivity index (χ0n) is 12.8. The second-order valence-electron chi connectivity index (χ2n) is 5.00. The number of aromatic nitrogens is 2. The molecule has 122 valence electrons. The molecular formula is C14H16N4O5. The van der Waals surface area contributed by atoms with Gasteiger partial charge in [-0.2, -0.15) is 0 Å². The Morgan fingerprint density at radius 3 is 2.57 bits per heavy atom. The van der Waals surface area contributed by atoms with Crippen molar-refractivity contribution < 1.29 is 14.6 Å². The van der Waals surface area contributed by atoms with Gasteiger partial charge < -0.3 is 14.9 Å². The van der Waals surface area contributed by atoms with Crippen molar-refractivity contribution >= 4 is 11.5 Å². The lowest BCUT2D eigenvalue weighted by Gasteiger charge is -2.06. The van der Waals surface area contributed by atoms with Crippen LogP contribution in [0, 0.1) is 34.1 Å². The van der Waals surface area contributed by atoms with Crippen LogP contribution in [-0.2, 0) is 17.9 Å². The van der Waals surface area contributed by atoms with E-state index in [1.54, 1.807) is 26.0 Å². The number of nitrogens with zero attached hydrogens (tertiary/aromatic N) is 4. The van der Waals surface area contributed by atoms with E-state index in [1.807, 2.05) is 0 Å². The predicted molar refractivity (Wildman–Crippen MR) is 81.1 cm³/mol. The van der Waals surface area contributed by atoms with Crippen LogP contribution < -0.4 is 0 Å². The summed E-state index contributed by atoms with van der Waals surface area (Å²) in [5.41, 5.74) is 1.44. The quantitative estimate of drug-likeness (QED) is 0.440. The third kappa shape index (κ3) is 3.89. The highest BCUT2D eigenvalue weighted by molar-refractivity contribution is 5.41. The number of rotatable bonds is 7. The lowest BCUT2D eigenvalue weighted by atomic mass is 10.1. The molecule has 0 aliphatic rings. The summed E-state index contributed by atoms with van der Waals surface area (Å²) in [7, 11) is 0. The number of imidazole rings is 1. The van der Waals surface area contributed by atoms with Crippen LogP contribution in [-0.4, -0.2) is 26.0 Å². The van der Waals surface area contributed by atoms with E-state index in [0.29, 0.717) is 17.9 Å². The molecule has 0 aliphatic carbocycles. The summed E-state index contributed by atoms with van der Waals surface area (Å²) < 4.78 is 6.97. The number of ether oxygens (including phenoxy) is 1. The molecule has 23 heavy (non-hydrogen) atoms. The van der Waals surface area contributed by atoms with Gasteiger partial charge in [0.2, 0.25) is 0 Å². The summed E-state index contributed by atoms with van der Waals surface area (Å²) in [6, 6.07) is 4.78. The molecule has 2 aromatic rings. The molecule has 0 unspecified atom stereocenters. The minimum Gasteiger partial charge on any atom is -0.373 e. The smallest absolute Gasteiger partial charge is 0.342 e. The maximum Gasteiger partial charge on any atom is 0.342 e. The Morgan fingerprint density at radius 2 is 1.96 bits per heavy atom. The molecule has 0 amide bonds. The molecule has 0 fully saturated rings. The van der Waals surface area contributed by atoms with Crippen molar-refractivity contribution in [2.24, 2.45) is 0 Å². The van der Waals surface area contributed by atoms with E-state index in [2.05, 4.69) is 4.98 Å². The third-order valence-corrected chi connectivity index (χ3v) is 3.41. The molecule has 0 atom stereocenters. The molecule has 9 heteroatoms. The molecule has 0 spiro atoms. The summed E-state index contributed by atoms with van der Waals surface area (Å²) in [6.07, 6.45) is 1.22. The van der Waals surface area contributed by atoms with Crippen molar-refractivity contribution in [2.75, 3.05) is 6.61 Å². The summed E-state index contributed by atoms with van der Waals surface area (Å²) in [5.74, 6) is 0.476. The van der Waals surface area contributed by atoms with Crippen LogP contribution in [0.2, 0.25) is 0 Å². The van der Waals surface area contributed by atoms with E-state index in [1.165, 1.54) is 16.8 Å². The fourth-order valence-corrected chi connectivity index (χ4v) is 2.24. The molecule has 1 heterocycles. The highest BCUT2D eigenvalue weighted by Gasteiger charge is 2.16. The monoisotopic (exact) mass is 320 g/mol. The SMILES string of the molecule is Cc1cc(COCCn2c([N+](=O)[O-])cnc2C)ccc1[N+](=O)[O-]. The van der Waals surface area contributed by atoms with Gasteiger partial charge in [0.1, 0.15) is 12.7 Å². The minimum absolute atomic E-state index is 0.0680. The molecule has 0 bridgehead atoms. The van der Waals surface area contributed by atoms with Gasteiger partial charge in [-0.25, -0.2) is 9.55 Å². The molecule has 1 aromatic heterocycles. The van der Waals surface area contributed by atoms with Crippen LogP contribution in [0.15, 0.2) is 24.4 Å². The zero-order chi connectivity index (χ0) is 17.0. The second kappa shape index (κ2) is 6.97. The van der Waals surface area contributed by atoms with Gasteiger partial charge in [0.25, 0.3) is 5.69 Å². The number of hydrogen-bond acceptors (Lipinski definition) is 6. The number of nitro benzene ring substituents is 1. The van der Waals surface area contributed by atoms with E-state index in [9.17, 15) is 20.2 Å². The van der Waals surface area contributed by atoms with Crippen LogP contribution in [0.4, 0.5) is 11.5 Å². The van der Waals surface area contributed by atoms with E-state index in [0.717, 1.165) is 5.56 Å². The number of nitro groups is 2. The van der Waals surface area contributed by atoms with Gasteiger partial charge in [0, 0.05) is 18.6 Å². The van der Waals surface area contributed by atoms with Gasteiger partial charge in [-0.3, -0.25) is 10.1 Å². The molecule has 1 aromatic carbocycles. The van der Waals surface area contributed by atoms with Crippen LogP contribution in [0.3, 0.4) is 0 Å². The van der Waals surface area contributed by atoms with Gasteiger partial charge in [0.15, 0.2) is 5.82 Å². The maximum absolute atomic E-state index is 10.9. The first-order valence-corrected chi connectivity index (χ1v) is 6.88. The predicted octanol–water partition coefficient (Wildman–Crippen LogP) is 2.53. The second-order valence-corrected chi connectivity index (χ2v) is 5.00. The van der Waals surface area contributed by atoms with E-state index < -0.39 is 9.85 Å². The fourth-order valence-electron chi connectivity index (χ4n) is 2.24. The molecule has 2 rings (SSSR count). The van der Waals surface area contributed by atoms with Crippen LogP contribution in [0.1, 0.15) is 17.0 Å². The molecule has 0 N–H and O–H groups in total. The normalized spacial score (nSPS) is 10.7. The Balaban J connectivity index is 1.91. The largest absolute Gasteiger partial charge is 0.373 e.